The van der Waals surface area contributed by atoms with Crippen LogP contribution in [0.4, 0.5) is 5.69 Å². The van der Waals surface area contributed by atoms with Crippen LogP contribution in [0.1, 0.15) is 22.5 Å². The molecule has 2 aromatic rings. The highest BCUT2D eigenvalue weighted by Crippen LogP contribution is 2.32. The molecular weight excluding hydrogens is 262 g/mol. The fraction of sp³-hybridized carbons (Fsp3) is 0.417. The highest BCUT2D eigenvalue weighted by atomic mass is 32.1. The molecule has 4 N–H and O–H groups in total. The first-order chi connectivity index (χ1) is 9.16. The maximum Gasteiger partial charge on any atom is 0.266 e. The summed E-state index contributed by atoms with van der Waals surface area (Å²) in [5.41, 5.74) is 12.5. The minimum absolute atomic E-state index is 0.0457. The third-order valence-electron chi connectivity index (χ3n) is 3.36. The van der Waals surface area contributed by atoms with E-state index >= 15 is 0 Å². The molecule has 1 unspecified atom stereocenters. The lowest BCUT2D eigenvalue weighted by molar-refractivity contribution is 0.0715. The molecule has 7 heteroatoms. The van der Waals surface area contributed by atoms with Gasteiger partial charge in [-0.1, -0.05) is 0 Å². The largest absolute Gasteiger partial charge is 0.397 e. The molecule has 0 bridgehead atoms. The van der Waals surface area contributed by atoms with Crippen molar-refractivity contribution in [3.05, 3.63) is 17.1 Å². The van der Waals surface area contributed by atoms with Crippen molar-refractivity contribution in [2.24, 2.45) is 5.73 Å². The van der Waals surface area contributed by atoms with Crippen LogP contribution in [0.25, 0.3) is 10.2 Å². The van der Waals surface area contributed by atoms with Crippen LogP contribution in [0.3, 0.4) is 0 Å². The van der Waals surface area contributed by atoms with Gasteiger partial charge in [0.2, 0.25) is 0 Å². The molecule has 0 aromatic carbocycles. The summed E-state index contributed by atoms with van der Waals surface area (Å²) >= 11 is 1.30. The smallest absolute Gasteiger partial charge is 0.266 e. The molecule has 1 aliphatic heterocycles. The molecule has 0 spiro atoms. The number of nitrogen functional groups attached to an aromatic ring is 1. The van der Waals surface area contributed by atoms with E-state index in [2.05, 4.69) is 10.2 Å². The van der Waals surface area contributed by atoms with Crippen molar-refractivity contribution in [1.29, 1.82) is 0 Å². The summed E-state index contributed by atoms with van der Waals surface area (Å²) in [7, 11) is 0. The molecule has 0 radical (unpaired) electrons. The number of likely N-dealkylation sites (tertiary alicyclic amines) is 1. The number of rotatable bonds is 1. The van der Waals surface area contributed by atoms with Crippen LogP contribution in [0.15, 0.2) is 12.3 Å². The van der Waals surface area contributed by atoms with Gasteiger partial charge in [0.25, 0.3) is 5.91 Å². The first-order valence-electron chi connectivity index (χ1n) is 6.21. The minimum Gasteiger partial charge on any atom is -0.397 e. The number of hydrogen-bond donors (Lipinski definition) is 2. The second-order valence-corrected chi connectivity index (χ2v) is 5.75. The molecule has 2 aromatic heterocycles. The van der Waals surface area contributed by atoms with Crippen LogP contribution in [-0.4, -0.2) is 40.1 Å². The van der Waals surface area contributed by atoms with Crippen LogP contribution in [0.2, 0.25) is 0 Å². The maximum absolute atomic E-state index is 12.5. The highest BCUT2D eigenvalue weighted by Gasteiger charge is 2.26. The number of piperidine rings is 1. The van der Waals surface area contributed by atoms with Gasteiger partial charge in [-0.15, -0.1) is 16.4 Å². The summed E-state index contributed by atoms with van der Waals surface area (Å²) in [6, 6.07) is 1.85. The number of aromatic nitrogens is 2. The molecule has 100 valence electrons. The van der Waals surface area contributed by atoms with Gasteiger partial charge in [0.05, 0.1) is 11.9 Å². The van der Waals surface area contributed by atoms with Crippen molar-refractivity contribution in [2.45, 2.75) is 18.9 Å². The Kier molecular flexibility index (Phi) is 3.08. The Morgan fingerprint density at radius 2 is 2.37 bits per heavy atom. The lowest BCUT2D eigenvalue weighted by atomic mass is 10.1. The molecule has 19 heavy (non-hydrogen) atoms. The fourth-order valence-corrected chi connectivity index (χ4v) is 3.38. The summed E-state index contributed by atoms with van der Waals surface area (Å²) in [4.78, 5) is 15.5. The Morgan fingerprint density at radius 1 is 1.53 bits per heavy atom. The van der Waals surface area contributed by atoms with Crippen LogP contribution in [-0.2, 0) is 0 Å². The summed E-state index contributed by atoms with van der Waals surface area (Å²) in [6.45, 7) is 1.34. The average Bonchev–Trinajstić information content (AvgIpc) is 2.76. The second-order valence-electron chi connectivity index (χ2n) is 4.75. The first kappa shape index (κ1) is 12.3. The zero-order valence-electron chi connectivity index (χ0n) is 10.4. The molecule has 1 aliphatic rings. The van der Waals surface area contributed by atoms with E-state index in [0.717, 1.165) is 24.8 Å². The van der Waals surface area contributed by atoms with Gasteiger partial charge < -0.3 is 16.4 Å². The third-order valence-corrected chi connectivity index (χ3v) is 4.45. The Bertz CT molecular complexity index is 626. The number of nitrogens with two attached hydrogens (primary N) is 2. The Labute approximate surface area is 114 Å². The van der Waals surface area contributed by atoms with Crippen molar-refractivity contribution in [3.8, 4) is 0 Å². The maximum atomic E-state index is 12.5. The quantitative estimate of drug-likeness (QED) is 0.804. The molecule has 1 atom stereocenters. The lowest BCUT2D eigenvalue weighted by Gasteiger charge is -2.30. The topological polar surface area (TPSA) is 98.1 Å². The van der Waals surface area contributed by atoms with Crippen molar-refractivity contribution in [2.75, 3.05) is 18.8 Å². The van der Waals surface area contributed by atoms with Gasteiger partial charge in [-0.05, 0) is 18.9 Å². The van der Waals surface area contributed by atoms with E-state index in [1.807, 2.05) is 0 Å². The predicted molar refractivity (Wildman–Crippen MR) is 74.9 cm³/mol. The number of anilines is 1. The van der Waals surface area contributed by atoms with Gasteiger partial charge >= 0.3 is 0 Å². The average molecular weight is 277 g/mol. The molecule has 3 heterocycles. The lowest BCUT2D eigenvalue weighted by Crippen LogP contribution is -2.45. The number of carbonyl (C=O) groups is 1. The van der Waals surface area contributed by atoms with Gasteiger partial charge in [0.15, 0.2) is 0 Å². The van der Waals surface area contributed by atoms with Crippen LogP contribution >= 0.6 is 11.3 Å². The van der Waals surface area contributed by atoms with Crippen molar-refractivity contribution in [3.63, 3.8) is 0 Å². The van der Waals surface area contributed by atoms with Gasteiger partial charge in [0.1, 0.15) is 9.71 Å². The summed E-state index contributed by atoms with van der Waals surface area (Å²) in [6.07, 6.45) is 3.49. The van der Waals surface area contributed by atoms with Crippen molar-refractivity contribution >= 4 is 33.1 Å². The van der Waals surface area contributed by atoms with Gasteiger partial charge in [-0.2, -0.15) is 5.10 Å². The zero-order chi connectivity index (χ0) is 13.4. The Hall–Kier alpha value is -1.73. The molecule has 0 aliphatic carbocycles. The first-order valence-corrected chi connectivity index (χ1v) is 7.03. The van der Waals surface area contributed by atoms with Crippen LogP contribution in [0.5, 0.6) is 0 Å². The van der Waals surface area contributed by atoms with E-state index in [4.69, 9.17) is 11.5 Å². The SMILES string of the molecule is Nc1c(C(=O)N2CCCC(N)C2)sc2nnccc12. The molecule has 3 rings (SSSR count). The van der Waals surface area contributed by atoms with E-state index in [1.54, 1.807) is 17.2 Å². The molecular formula is C12H15N5OS. The molecule has 1 saturated heterocycles. The molecule has 1 fully saturated rings. The van der Waals surface area contributed by atoms with E-state index in [0.29, 0.717) is 21.9 Å². The van der Waals surface area contributed by atoms with Crippen molar-refractivity contribution < 1.29 is 4.79 Å². The Balaban J connectivity index is 1.95. The number of amides is 1. The monoisotopic (exact) mass is 277 g/mol. The van der Waals surface area contributed by atoms with E-state index < -0.39 is 0 Å². The predicted octanol–water partition coefficient (Wildman–Crippen LogP) is 0.837. The van der Waals surface area contributed by atoms with Gasteiger partial charge in [0, 0.05) is 24.5 Å². The number of fused-ring (bicyclic) bond motifs is 1. The summed E-state index contributed by atoms with van der Waals surface area (Å²) in [5.74, 6) is -0.0457. The number of carbonyl (C=O) groups excluding carboxylic acids is 1. The third kappa shape index (κ3) is 2.15. The standard InChI is InChI=1S/C12H15N5OS/c13-7-2-1-5-17(6-7)12(18)10-9(14)8-3-4-15-16-11(8)19-10/h3-4,7H,1-2,5-6,13-14H2. The van der Waals surface area contributed by atoms with Gasteiger partial charge in [-0.3, -0.25) is 4.79 Å². The van der Waals surface area contributed by atoms with Crippen LogP contribution < -0.4 is 11.5 Å². The summed E-state index contributed by atoms with van der Waals surface area (Å²) in [5, 5.41) is 8.61. The molecule has 6 nitrogen and oxygen atoms in total. The normalized spacial score (nSPS) is 19.8. The van der Waals surface area contributed by atoms with Gasteiger partial charge in [-0.25, -0.2) is 0 Å². The van der Waals surface area contributed by atoms with E-state index in [1.165, 1.54) is 11.3 Å². The van der Waals surface area contributed by atoms with E-state index in [9.17, 15) is 4.79 Å². The Morgan fingerprint density at radius 3 is 3.11 bits per heavy atom. The minimum atomic E-state index is -0.0457. The molecule has 0 saturated carbocycles. The second kappa shape index (κ2) is 4.75. The van der Waals surface area contributed by atoms with Crippen molar-refractivity contribution in [1.82, 2.24) is 15.1 Å². The zero-order valence-corrected chi connectivity index (χ0v) is 11.2. The highest BCUT2D eigenvalue weighted by molar-refractivity contribution is 7.21. The fourth-order valence-electron chi connectivity index (χ4n) is 2.37. The number of nitrogens with zero attached hydrogens (tertiary/aromatic N) is 3. The molecule has 1 amide bonds. The number of thiophene rings is 1. The summed E-state index contributed by atoms with van der Waals surface area (Å²) < 4.78 is 0. The van der Waals surface area contributed by atoms with Crippen LogP contribution in [0, 0.1) is 0 Å². The number of hydrogen-bond acceptors (Lipinski definition) is 6. The van der Waals surface area contributed by atoms with E-state index in [-0.39, 0.29) is 11.9 Å².